The molecule has 0 N–H and O–H groups in total. The molecule has 0 radical (unpaired) electrons. The van der Waals surface area contributed by atoms with E-state index in [9.17, 15) is 9.59 Å². The lowest BCUT2D eigenvalue weighted by Crippen LogP contribution is -2.52. The molecule has 2 aliphatic rings. The SMILES string of the molecule is CN1C(=O)C(=Cc2cc3c(s2)N(c2ccccc2)c2ccccc2C3(C)C)C(=O)N(C)C1=S. The molecule has 7 heteroatoms. The van der Waals surface area contributed by atoms with E-state index in [1.165, 1.54) is 15.4 Å². The van der Waals surface area contributed by atoms with Crippen molar-refractivity contribution in [2.24, 2.45) is 0 Å². The summed E-state index contributed by atoms with van der Waals surface area (Å²) >= 11 is 6.79. The Labute approximate surface area is 202 Å². The molecule has 1 aromatic heterocycles. The van der Waals surface area contributed by atoms with Crippen LogP contribution in [0.4, 0.5) is 16.4 Å². The number of thiocarbonyl (C=S) groups is 1. The number of hydrogen-bond acceptors (Lipinski definition) is 5. The monoisotopic (exact) mass is 473 g/mol. The van der Waals surface area contributed by atoms with Gasteiger partial charge in [-0.1, -0.05) is 50.2 Å². The molecule has 1 fully saturated rings. The van der Waals surface area contributed by atoms with E-state index in [1.807, 2.05) is 18.2 Å². The van der Waals surface area contributed by atoms with Crippen molar-refractivity contribution in [1.82, 2.24) is 9.80 Å². The molecule has 2 aliphatic heterocycles. The van der Waals surface area contributed by atoms with Gasteiger partial charge in [-0.2, -0.15) is 0 Å². The van der Waals surface area contributed by atoms with Crippen molar-refractivity contribution in [3.63, 3.8) is 0 Å². The van der Waals surface area contributed by atoms with Crippen LogP contribution in [0.25, 0.3) is 6.08 Å². The van der Waals surface area contributed by atoms with Gasteiger partial charge in [0.1, 0.15) is 10.6 Å². The van der Waals surface area contributed by atoms with Crippen molar-refractivity contribution < 1.29 is 9.59 Å². The minimum atomic E-state index is -0.378. The van der Waals surface area contributed by atoms with Gasteiger partial charge >= 0.3 is 0 Å². The Morgan fingerprint density at radius 1 is 0.879 bits per heavy atom. The minimum absolute atomic E-state index is 0.119. The maximum atomic E-state index is 12.8. The second-order valence-corrected chi connectivity index (χ2v) is 10.2. The second kappa shape index (κ2) is 7.64. The van der Waals surface area contributed by atoms with Crippen LogP contribution in [0.3, 0.4) is 0 Å². The standard InChI is InChI=1S/C26H23N3O2S2/c1-26(2)19-12-8-9-13-21(19)29(16-10-6-5-7-11-16)24-20(26)15-17(33-24)14-18-22(30)27(3)25(32)28(4)23(18)31/h5-15H,1-4H3. The zero-order valence-corrected chi connectivity index (χ0v) is 20.5. The average molecular weight is 474 g/mol. The zero-order chi connectivity index (χ0) is 23.5. The molecule has 0 saturated carbocycles. The number of fused-ring (bicyclic) bond motifs is 2. The second-order valence-electron chi connectivity index (χ2n) is 8.75. The van der Waals surface area contributed by atoms with Crippen LogP contribution in [-0.4, -0.2) is 40.8 Å². The molecular formula is C26H23N3O2S2. The van der Waals surface area contributed by atoms with E-state index in [0.717, 1.165) is 26.8 Å². The van der Waals surface area contributed by atoms with E-state index in [1.54, 1.807) is 31.5 Å². The molecule has 0 bridgehead atoms. The van der Waals surface area contributed by atoms with Crippen molar-refractivity contribution >= 4 is 62.9 Å². The molecule has 5 nitrogen and oxygen atoms in total. The molecular weight excluding hydrogens is 450 g/mol. The highest BCUT2D eigenvalue weighted by Crippen LogP contribution is 2.55. The van der Waals surface area contributed by atoms with E-state index in [-0.39, 0.29) is 27.9 Å². The largest absolute Gasteiger partial charge is 0.301 e. The number of rotatable bonds is 2. The van der Waals surface area contributed by atoms with Gasteiger partial charge in [0.05, 0.1) is 5.69 Å². The fraction of sp³-hybridized carbons (Fsp3) is 0.192. The fourth-order valence-electron chi connectivity index (χ4n) is 4.49. The lowest BCUT2D eigenvalue weighted by molar-refractivity contribution is -0.132. The van der Waals surface area contributed by atoms with Gasteiger partial charge < -0.3 is 4.90 Å². The molecule has 166 valence electrons. The number of para-hydroxylation sites is 2. The van der Waals surface area contributed by atoms with Crippen LogP contribution in [0, 0.1) is 0 Å². The molecule has 1 saturated heterocycles. The van der Waals surface area contributed by atoms with E-state index >= 15 is 0 Å². The summed E-state index contributed by atoms with van der Waals surface area (Å²) in [6.45, 7) is 4.43. The van der Waals surface area contributed by atoms with Crippen molar-refractivity contribution in [1.29, 1.82) is 0 Å². The van der Waals surface area contributed by atoms with Crippen LogP contribution >= 0.6 is 23.6 Å². The van der Waals surface area contributed by atoms with Crippen molar-refractivity contribution in [2.75, 3.05) is 19.0 Å². The predicted molar refractivity (Wildman–Crippen MR) is 137 cm³/mol. The summed E-state index contributed by atoms with van der Waals surface area (Å²) in [5.41, 5.74) is 4.48. The molecule has 33 heavy (non-hydrogen) atoms. The summed E-state index contributed by atoms with van der Waals surface area (Å²) in [7, 11) is 3.19. The average Bonchev–Trinajstić information content (AvgIpc) is 3.25. The minimum Gasteiger partial charge on any atom is -0.301 e. The van der Waals surface area contributed by atoms with Crippen LogP contribution in [-0.2, 0) is 15.0 Å². The Balaban J connectivity index is 1.69. The van der Waals surface area contributed by atoms with Crippen LogP contribution in [0.1, 0.15) is 29.9 Å². The zero-order valence-electron chi connectivity index (χ0n) is 18.8. The topological polar surface area (TPSA) is 43.9 Å². The lowest BCUT2D eigenvalue weighted by Gasteiger charge is -2.39. The molecule has 2 amide bonds. The van der Waals surface area contributed by atoms with Gasteiger partial charge in [-0.05, 0) is 53.7 Å². The Kier molecular flexibility index (Phi) is 4.99. The predicted octanol–water partition coefficient (Wildman–Crippen LogP) is 5.46. The van der Waals surface area contributed by atoms with Crippen molar-refractivity contribution in [3.05, 3.63) is 82.2 Å². The maximum Gasteiger partial charge on any atom is 0.265 e. The summed E-state index contributed by atoms with van der Waals surface area (Å²) < 4.78 is 0. The van der Waals surface area contributed by atoms with E-state index in [4.69, 9.17) is 12.2 Å². The molecule has 3 heterocycles. The molecule has 0 atom stereocenters. The van der Waals surface area contributed by atoms with Crippen LogP contribution in [0.5, 0.6) is 0 Å². The van der Waals surface area contributed by atoms with Gasteiger partial charge in [0.2, 0.25) is 0 Å². The first-order valence-electron chi connectivity index (χ1n) is 10.6. The Bertz CT molecular complexity index is 1310. The third-order valence-electron chi connectivity index (χ3n) is 6.37. The van der Waals surface area contributed by atoms with Crippen LogP contribution < -0.4 is 4.90 Å². The smallest absolute Gasteiger partial charge is 0.265 e. The van der Waals surface area contributed by atoms with Gasteiger partial charge in [-0.15, -0.1) is 11.3 Å². The fourth-order valence-corrected chi connectivity index (χ4v) is 5.95. The third kappa shape index (κ3) is 3.22. The third-order valence-corrected chi connectivity index (χ3v) is 7.99. The molecule has 0 spiro atoms. The highest BCUT2D eigenvalue weighted by Gasteiger charge is 2.39. The number of carbonyl (C=O) groups is 2. The number of anilines is 3. The van der Waals surface area contributed by atoms with Gasteiger partial charge in [0.25, 0.3) is 11.8 Å². The van der Waals surface area contributed by atoms with Gasteiger partial charge in [-0.25, -0.2) is 0 Å². The van der Waals surface area contributed by atoms with E-state index in [2.05, 4.69) is 61.2 Å². The molecule has 0 aliphatic carbocycles. The quantitative estimate of drug-likeness (QED) is 0.282. The van der Waals surface area contributed by atoms with Crippen LogP contribution in [0.2, 0.25) is 0 Å². The molecule has 0 unspecified atom stereocenters. The Morgan fingerprint density at radius 3 is 2.15 bits per heavy atom. The molecule has 2 aromatic carbocycles. The maximum absolute atomic E-state index is 12.8. The van der Waals surface area contributed by atoms with Crippen molar-refractivity contribution in [3.8, 4) is 0 Å². The van der Waals surface area contributed by atoms with Gasteiger partial charge in [0, 0.05) is 30.1 Å². The summed E-state index contributed by atoms with van der Waals surface area (Å²) in [6.07, 6.45) is 1.70. The molecule has 5 rings (SSSR count). The number of thiophene rings is 1. The lowest BCUT2D eigenvalue weighted by atomic mass is 9.75. The first kappa shape index (κ1) is 21.6. The number of benzene rings is 2. The summed E-state index contributed by atoms with van der Waals surface area (Å²) in [6, 6.07) is 20.8. The first-order chi connectivity index (χ1) is 15.7. The Hall–Kier alpha value is -3.29. The first-order valence-corrected chi connectivity index (χ1v) is 11.8. The number of hydrogen-bond donors (Lipinski definition) is 0. The van der Waals surface area contributed by atoms with Gasteiger partial charge in [-0.3, -0.25) is 19.4 Å². The molecule has 3 aromatic rings. The number of carbonyl (C=O) groups excluding carboxylic acids is 2. The highest BCUT2D eigenvalue weighted by molar-refractivity contribution is 7.80. The summed E-state index contributed by atoms with van der Waals surface area (Å²) in [4.78, 5) is 31.5. The Morgan fingerprint density at radius 2 is 1.48 bits per heavy atom. The normalized spacial score (nSPS) is 17.3. The van der Waals surface area contributed by atoms with Crippen molar-refractivity contribution in [2.45, 2.75) is 19.3 Å². The summed E-state index contributed by atoms with van der Waals surface area (Å²) in [5, 5.41) is 1.30. The van der Waals surface area contributed by atoms with E-state index < -0.39 is 0 Å². The number of amides is 2. The number of likely N-dealkylation sites (N-methyl/N-ethyl adjacent to an activating group) is 2. The van der Waals surface area contributed by atoms with Gasteiger partial charge in [0.15, 0.2) is 5.11 Å². The van der Waals surface area contributed by atoms with E-state index in [0.29, 0.717) is 0 Å². The highest BCUT2D eigenvalue weighted by atomic mass is 32.1. The number of nitrogens with zero attached hydrogens (tertiary/aromatic N) is 3. The van der Waals surface area contributed by atoms with Crippen LogP contribution in [0.15, 0.2) is 66.2 Å². The summed E-state index contributed by atoms with van der Waals surface area (Å²) in [5.74, 6) is -0.756.